The van der Waals surface area contributed by atoms with E-state index in [1.165, 1.54) is 31.2 Å². The molecule has 0 aromatic heterocycles. The number of phenols is 1. The van der Waals surface area contributed by atoms with Crippen molar-refractivity contribution in [3.63, 3.8) is 0 Å². The predicted molar refractivity (Wildman–Crippen MR) is 60.0 cm³/mol. The fourth-order valence-corrected chi connectivity index (χ4v) is 3.13. The van der Waals surface area contributed by atoms with Crippen LogP contribution >= 0.6 is 0 Å². The van der Waals surface area contributed by atoms with Crippen molar-refractivity contribution in [2.75, 3.05) is 0 Å². The van der Waals surface area contributed by atoms with E-state index in [4.69, 9.17) is 0 Å². The van der Waals surface area contributed by atoms with Gasteiger partial charge in [-0.15, -0.1) is 0 Å². The van der Waals surface area contributed by atoms with Crippen molar-refractivity contribution in [1.29, 1.82) is 0 Å². The summed E-state index contributed by atoms with van der Waals surface area (Å²) in [6.45, 7) is 0. The lowest BCUT2D eigenvalue weighted by Gasteiger charge is -2.30. The Morgan fingerprint density at radius 1 is 1.13 bits per heavy atom. The fraction of sp³-hybridized carbons (Fsp3) is 0.538. The molecule has 2 bridgehead atoms. The van der Waals surface area contributed by atoms with Gasteiger partial charge in [0.15, 0.2) is 0 Å². The van der Waals surface area contributed by atoms with Gasteiger partial charge in [0.2, 0.25) is 0 Å². The van der Waals surface area contributed by atoms with Crippen LogP contribution in [0.1, 0.15) is 37.2 Å². The predicted octanol–water partition coefficient (Wildman–Crippen LogP) is 2.39. The minimum absolute atomic E-state index is 0.396. The van der Waals surface area contributed by atoms with Gasteiger partial charge in [-0.1, -0.05) is 12.1 Å². The van der Waals surface area contributed by atoms with Crippen LogP contribution in [0.15, 0.2) is 24.3 Å². The Morgan fingerprint density at radius 3 is 2.87 bits per heavy atom. The van der Waals surface area contributed by atoms with E-state index in [2.05, 4.69) is 11.4 Å². The van der Waals surface area contributed by atoms with Crippen molar-refractivity contribution in [3.8, 4) is 5.75 Å². The highest BCUT2D eigenvalue weighted by Gasteiger charge is 2.35. The Morgan fingerprint density at radius 2 is 2.00 bits per heavy atom. The molecule has 3 atom stereocenters. The molecule has 2 saturated heterocycles. The van der Waals surface area contributed by atoms with E-state index >= 15 is 0 Å². The molecule has 2 aliphatic heterocycles. The number of hydrogen-bond donors (Lipinski definition) is 2. The summed E-state index contributed by atoms with van der Waals surface area (Å²) in [5.41, 5.74) is 1.30. The van der Waals surface area contributed by atoms with Crippen LogP contribution in [0.2, 0.25) is 0 Å². The molecule has 15 heavy (non-hydrogen) atoms. The standard InChI is InChI=1S/C13H17NO/c15-11-3-1-2-9(8-11)12-6-4-10-5-7-13(12)14-10/h1-3,8,10,12-15H,4-7H2. The molecule has 0 aliphatic carbocycles. The summed E-state index contributed by atoms with van der Waals surface area (Å²) in [4.78, 5) is 0. The Labute approximate surface area is 90.3 Å². The lowest BCUT2D eigenvalue weighted by atomic mass is 9.85. The van der Waals surface area contributed by atoms with Crippen molar-refractivity contribution < 1.29 is 5.11 Å². The van der Waals surface area contributed by atoms with Crippen LogP contribution in [-0.4, -0.2) is 17.2 Å². The third-order valence-corrected chi connectivity index (χ3v) is 3.89. The molecule has 2 N–H and O–H groups in total. The van der Waals surface area contributed by atoms with E-state index in [1.54, 1.807) is 6.07 Å². The molecule has 3 rings (SSSR count). The molecule has 80 valence electrons. The number of rotatable bonds is 1. The highest BCUT2D eigenvalue weighted by molar-refractivity contribution is 5.31. The van der Waals surface area contributed by atoms with Gasteiger partial charge in [-0.25, -0.2) is 0 Å². The van der Waals surface area contributed by atoms with Gasteiger partial charge in [0, 0.05) is 12.1 Å². The summed E-state index contributed by atoms with van der Waals surface area (Å²) in [7, 11) is 0. The van der Waals surface area contributed by atoms with Crippen LogP contribution in [0.3, 0.4) is 0 Å². The molecule has 2 heteroatoms. The van der Waals surface area contributed by atoms with Gasteiger partial charge >= 0.3 is 0 Å². The third-order valence-electron chi connectivity index (χ3n) is 3.89. The first kappa shape index (κ1) is 9.22. The second-order valence-corrected chi connectivity index (χ2v) is 4.83. The van der Waals surface area contributed by atoms with E-state index < -0.39 is 0 Å². The number of phenolic OH excluding ortho intramolecular Hbond substituents is 1. The van der Waals surface area contributed by atoms with Crippen LogP contribution in [0.4, 0.5) is 0 Å². The number of benzene rings is 1. The van der Waals surface area contributed by atoms with Crippen molar-refractivity contribution >= 4 is 0 Å². The van der Waals surface area contributed by atoms with Crippen LogP contribution in [-0.2, 0) is 0 Å². The number of fused-ring (bicyclic) bond motifs is 2. The monoisotopic (exact) mass is 203 g/mol. The summed E-state index contributed by atoms with van der Waals surface area (Å²) in [5, 5.41) is 13.2. The maximum Gasteiger partial charge on any atom is 0.115 e. The number of aromatic hydroxyl groups is 1. The smallest absolute Gasteiger partial charge is 0.115 e. The van der Waals surface area contributed by atoms with Gasteiger partial charge in [-0.05, 0) is 49.3 Å². The largest absolute Gasteiger partial charge is 0.508 e. The molecule has 0 saturated carbocycles. The summed E-state index contributed by atoms with van der Waals surface area (Å²) >= 11 is 0. The molecule has 0 radical (unpaired) electrons. The molecule has 1 aromatic rings. The fourth-order valence-electron chi connectivity index (χ4n) is 3.13. The van der Waals surface area contributed by atoms with Crippen molar-refractivity contribution in [2.45, 2.75) is 43.7 Å². The topological polar surface area (TPSA) is 32.3 Å². The second-order valence-electron chi connectivity index (χ2n) is 4.83. The zero-order chi connectivity index (χ0) is 10.3. The van der Waals surface area contributed by atoms with Gasteiger partial charge in [0.1, 0.15) is 5.75 Å². The Bertz CT molecular complexity index is 363. The minimum atomic E-state index is 0.396. The van der Waals surface area contributed by atoms with E-state index in [1.807, 2.05) is 12.1 Å². The molecule has 2 nitrogen and oxygen atoms in total. The molecule has 0 amide bonds. The summed E-state index contributed by atoms with van der Waals surface area (Å²) in [6.07, 6.45) is 5.19. The van der Waals surface area contributed by atoms with Gasteiger partial charge in [-0.2, -0.15) is 0 Å². The van der Waals surface area contributed by atoms with Gasteiger partial charge in [0.25, 0.3) is 0 Å². The van der Waals surface area contributed by atoms with Crippen LogP contribution in [0.5, 0.6) is 5.75 Å². The molecule has 1 aromatic carbocycles. The zero-order valence-corrected chi connectivity index (χ0v) is 8.82. The highest BCUT2D eigenvalue weighted by Crippen LogP contribution is 2.38. The molecule has 2 fully saturated rings. The van der Waals surface area contributed by atoms with E-state index in [9.17, 15) is 5.11 Å². The molecule has 2 aliphatic rings. The van der Waals surface area contributed by atoms with E-state index in [0.717, 1.165) is 6.04 Å². The average Bonchev–Trinajstić information content (AvgIpc) is 2.61. The lowest BCUT2D eigenvalue weighted by Crippen LogP contribution is -2.38. The van der Waals surface area contributed by atoms with E-state index in [-0.39, 0.29) is 0 Å². The molecular formula is C13H17NO. The minimum Gasteiger partial charge on any atom is -0.508 e. The van der Waals surface area contributed by atoms with Crippen molar-refractivity contribution in [3.05, 3.63) is 29.8 Å². The average molecular weight is 203 g/mol. The van der Waals surface area contributed by atoms with Crippen molar-refractivity contribution in [2.24, 2.45) is 0 Å². The normalized spacial score (nSPS) is 34.3. The third kappa shape index (κ3) is 1.63. The van der Waals surface area contributed by atoms with Gasteiger partial charge in [0.05, 0.1) is 0 Å². The summed E-state index contributed by atoms with van der Waals surface area (Å²) in [6, 6.07) is 9.17. The first-order chi connectivity index (χ1) is 7.33. The Kier molecular flexibility index (Phi) is 2.17. The van der Waals surface area contributed by atoms with E-state index in [0.29, 0.717) is 17.7 Å². The first-order valence-corrected chi connectivity index (χ1v) is 5.88. The first-order valence-electron chi connectivity index (χ1n) is 5.88. The molecule has 3 unspecified atom stereocenters. The molecule has 0 spiro atoms. The number of hydrogen-bond acceptors (Lipinski definition) is 2. The van der Waals surface area contributed by atoms with Crippen LogP contribution < -0.4 is 5.32 Å². The van der Waals surface area contributed by atoms with Crippen molar-refractivity contribution in [1.82, 2.24) is 5.32 Å². The number of piperidine rings is 1. The maximum atomic E-state index is 9.49. The van der Waals surface area contributed by atoms with Crippen LogP contribution in [0, 0.1) is 0 Å². The van der Waals surface area contributed by atoms with Gasteiger partial charge in [-0.3, -0.25) is 0 Å². The summed E-state index contributed by atoms with van der Waals surface area (Å²) < 4.78 is 0. The number of nitrogens with one attached hydrogen (secondary N) is 1. The zero-order valence-electron chi connectivity index (χ0n) is 8.82. The Hall–Kier alpha value is -1.02. The molecule has 2 heterocycles. The Balaban J connectivity index is 1.87. The SMILES string of the molecule is Oc1cccc(C2CCC3CCC2N3)c1. The highest BCUT2D eigenvalue weighted by atomic mass is 16.3. The molecular weight excluding hydrogens is 186 g/mol. The van der Waals surface area contributed by atoms with Crippen LogP contribution in [0.25, 0.3) is 0 Å². The summed E-state index contributed by atoms with van der Waals surface area (Å²) in [5.74, 6) is 1.00. The second kappa shape index (κ2) is 3.53. The maximum absolute atomic E-state index is 9.49. The quantitative estimate of drug-likeness (QED) is 0.734. The van der Waals surface area contributed by atoms with Gasteiger partial charge < -0.3 is 10.4 Å². The lowest BCUT2D eigenvalue weighted by molar-refractivity contribution is 0.358.